The maximum Gasteiger partial charge on any atom is 0.321 e. The van der Waals surface area contributed by atoms with Gasteiger partial charge in [-0.1, -0.05) is 22.9 Å². The molecule has 1 aliphatic heterocycles. The van der Waals surface area contributed by atoms with E-state index in [1.807, 2.05) is 4.90 Å². The number of anilines is 2. The molecule has 1 aliphatic rings. The fourth-order valence-electron chi connectivity index (χ4n) is 3.34. The molecule has 5 rings (SSSR count). The zero-order valence-corrected chi connectivity index (χ0v) is 17.8. The van der Waals surface area contributed by atoms with E-state index in [0.29, 0.717) is 58.4 Å². The van der Waals surface area contributed by atoms with Crippen LogP contribution < -0.4 is 15.8 Å². The highest BCUT2D eigenvalue weighted by atomic mass is 35.5. The maximum absolute atomic E-state index is 12.6. The average Bonchev–Trinajstić information content (AvgIpc) is 3.45. The molecular formula is C20H17ClN6O3S. The highest BCUT2D eigenvalue weighted by molar-refractivity contribution is 7.19. The molecule has 31 heavy (non-hydrogen) atoms. The highest BCUT2D eigenvalue weighted by Gasteiger charge is 2.23. The SMILES string of the molecule is O=C(Nc1ccc(Cl)cc1)N1CCN(c2cc(=O)n3nc(-c4ccco4)sc3n2)CC1. The van der Waals surface area contributed by atoms with Gasteiger partial charge in [0.05, 0.1) is 6.26 Å². The lowest BCUT2D eigenvalue weighted by atomic mass is 10.3. The van der Waals surface area contributed by atoms with Crippen LogP contribution in [0.1, 0.15) is 0 Å². The zero-order valence-electron chi connectivity index (χ0n) is 16.2. The molecular weight excluding hydrogens is 440 g/mol. The summed E-state index contributed by atoms with van der Waals surface area (Å²) in [5.41, 5.74) is 0.437. The van der Waals surface area contributed by atoms with Crippen molar-refractivity contribution in [3.05, 3.63) is 64.1 Å². The predicted molar refractivity (Wildman–Crippen MR) is 119 cm³/mol. The van der Waals surface area contributed by atoms with Gasteiger partial charge in [0.15, 0.2) is 10.8 Å². The first-order chi connectivity index (χ1) is 15.1. The van der Waals surface area contributed by atoms with Crippen molar-refractivity contribution >= 4 is 45.4 Å². The van der Waals surface area contributed by atoms with E-state index in [4.69, 9.17) is 16.0 Å². The van der Waals surface area contributed by atoms with E-state index >= 15 is 0 Å². The Kier molecular flexibility index (Phi) is 5.08. The van der Waals surface area contributed by atoms with Crippen LogP contribution >= 0.6 is 22.9 Å². The van der Waals surface area contributed by atoms with Gasteiger partial charge in [-0.3, -0.25) is 4.79 Å². The molecule has 0 atom stereocenters. The maximum atomic E-state index is 12.6. The van der Waals surface area contributed by atoms with Crippen LogP contribution in [0.3, 0.4) is 0 Å². The van der Waals surface area contributed by atoms with Crippen LogP contribution in [-0.2, 0) is 0 Å². The molecule has 1 N–H and O–H groups in total. The van der Waals surface area contributed by atoms with Gasteiger partial charge in [0.2, 0.25) is 4.96 Å². The number of furan rings is 1. The Morgan fingerprint density at radius 1 is 1.13 bits per heavy atom. The van der Waals surface area contributed by atoms with Crippen molar-refractivity contribution in [3.8, 4) is 10.8 Å². The third-order valence-corrected chi connectivity index (χ3v) is 6.12. The summed E-state index contributed by atoms with van der Waals surface area (Å²) in [7, 11) is 0. The monoisotopic (exact) mass is 456 g/mol. The van der Waals surface area contributed by atoms with Crippen LogP contribution in [0.25, 0.3) is 15.7 Å². The molecule has 4 aromatic rings. The van der Waals surface area contributed by atoms with Gasteiger partial charge in [0, 0.05) is 43.0 Å². The van der Waals surface area contributed by atoms with Crippen LogP contribution in [0.5, 0.6) is 0 Å². The molecule has 0 aliphatic carbocycles. The smallest absolute Gasteiger partial charge is 0.321 e. The van der Waals surface area contributed by atoms with Crippen LogP contribution in [0.4, 0.5) is 16.3 Å². The second-order valence-corrected chi connectivity index (χ2v) is 8.34. The fourth-order valence-corrected chi connectivity index (χ4v) is 4.33. The summed E-state index contributed by atoms with van der Waals surface area (Å²) in [6, 6.07) is 11.8. The fraction of sp³-hybridized carbons (Fsp3) is 0.200. The third-order valence-electron chi connectivity index (χ3n) is 4.95. The van der Waals surface area contributed by atoms with Crippen molar-refractivity contribution in [2.24, 2.45) is 0 Å². The van der Waals surface area contributed by atoms with Crippen LogP contribution in [0, 0.1) is 0 Å². The van der Waals surface area contributed by atoms with Crippen LogP contribution in [0.15, 0.2) is 57.9 Å². The lowest BCUT2D eigenvalue weighted by Crippen LogP contribution is -2.50. The number of nitrogens with zero attached hydrogens (tertiary/aromatic N) is 5. The number of fused-ring (bicyclic) bond motifs is 1. The Balaban J connectivity index is 1.28. The number of amides is 2. The van der Waals surface area contributed by atoms with Crippen molar-refractivity contribution in [1.29, 1.82) is 0 Å². The molecule has 0 saturated carbocycles. The Labute approximate surface area is 185 Å². The number of aromatic nitrogens is 3. The molecule has 0 unspecified atom stereocenters. The van der Waals surface area contributed by atoms with E-state index in [9.17, 15) is 9.59 Å². The molecule has 4 heterocycles. The Hall–Kier alpha value is -3.37. The quantitative estimate of drug-likeness (QED) is 0.507. The van der Waals surface area contributed by atoms with Crippen molar-refractivity contribution in [2.45, 2.75) is 0 Å². The number of piperazine rings is 1. The summed E-state index contributed by atoms with van der Waals surface area (Å²) in [5.74, 6) is 1.18. The van der Waals surface area contributed by atoms with Gasteiger partial charge >= 0.3 is 6.03 Å². The molecule has 0 bridgehead atoms. The number of benzene rings is 1. The zero-order chi connectivity index (χ0) is 21.4. The van der Waals surface area contributed by atoms with Gasteiger partial charge < -0.3 is 19.5 Å². The van der Waals surface area contributed by atoms with Crippen molar-refractivity contribution < 1.29 is 9.21 Å². The first-order valence-corrected chi connectivity index (χ1v) is 10.8. The minimum absolute atomic E-state index is 0.170. The average molecular weight is 457 g/mol. The lowest BCUT2D eigenvalue weighted by Gasteiger charge is -2.35. The molecule has 158 valence electrons. The molecule has 0 spiro atoms. The van der Waals surface area contributed by atoms with Crippen molar-refractivity contribution in [2.75, 3.05) is 36.4 Å². The summed E-state index contributed by atoms with van der Waals surface area (Å²) < 4.78 is 6.64. The molecule has 1 fully saturated rings. The van der Waals surface area contributed by atoms with E-state index in [-0.39, 0.29) is 11.6 Å². The number of hydrogen-bond acceptors (Lipinski definition) is 7. The van der Waals surface area contributed by atoms with Gasteiger partial charge in [0.1, 0.15) is 5.82 Å². The number of carbonyl (C=O) groups is 1. The number of carbonyl (C=O) groups excluding carboxylic acids is 1. The second kappa shape index (κ2) is 8.05. The number of rotatable bonds is 3. The number of hydrogen-bond donors (Lipinski definition) is 1. The Bertz CT molecular complexity index is 1280. The summed E-state index contributed by atoms with van der Waals surface area (Å²) >= 11 is 7.17. The predicted octanol–water partition coefficient (Wildman–Crippen LogP) is 3.42. The van der Waals surface area contributed by atoms with E-state index in [1.165, 1.54) is 21.9 Å². The molecule has 11 heteroatoms. The summed E-state index contributed by atoms with van der Waals surface area (Å²) in [5, 5.41) is 8.38. The first kappa shape index (κ1) is 19.6. The number of halogens is 1. The molecule has 1 aromatic carbocycles. The topological polar surface area (TPSA) is 96.0 Å². The van der Waals surface area contributed by atoms with E-state index in [2.05, 4.69) is 15.4 Å². The van der Waals surface area contributed by atoms with Crippen LogP contribution in [-0.4, -0.2) is 51.7 Å². The minimum atomic E-state index is -0.253. The molecule has 2 amide bonds. The first-order valence-electron chi connectivity index (χ1n) is 9.58. The minimum Gasteiger partial charge on any atom is -0.462 e. The Morgan fingerprint density at radius 3 is 2.61 bits per heavy atom. The molecule has 1 saturated heterocycles. The largest absolute Gasteiger partial charge is 0.462 e. The van der Waals surface area contributed by atoms with Crippen molar-refractivity contribution in [3.63, 3.8) is 0 Å². The van der Waals surface area contributed by atoms with Crippen LogP contribution in [0.2, 0.25) is 5.02 Å². The molecule has 9 nitrogen and oxygen atoms in total. The Morgan fingerprint density at radius 2 is 1.90 bits per heavy atom. The van der Waals surface area contributed by atoms with Gasteiger partial charge in [0.25, 0.3) is 5.56 Å². The summed E-state index contributed by atoms with van der Waals surface area (Å²) in [4.78, 5) is 33.9. The number of nitrogens with one attached hydrogen (secondary N) is 1. The van der Waals surface area contributed by atoms with Gasteiger partial charge in [-0.2, -0.15) is 4.52 Å². The highest BCUT2D eigenvalue weighted by Crippen LogP contribution is 2.25. The molecule has 3 aromatic heterocycles. The second-order valence-electron chi connectivity index (χ2n) is 6.94. The number of urea groups is 1. The summed E-state index contributed by atoms with van der Waals surface area (Å²) in [6.45, 7) is 2.17. The normalized spacial score (nSPS) is 14.2. The third kappa shape index (κ3) is 3.99. The summed E-state index contributed by atoms with van der Waals surface area (Å²) in [6.07, 6.45) is 1.56. The van der Waals surface area contributed by atoms with E-state index < -0.39 is 0 Å². The van der Waals surface area contributed by atoms with E-state index in [0.717, 1.165) is 0 Å². The van der Waals surface area contributed by atoms with Gasteiger partial charge in [-0.25, -0.2) is 9.78 Å². The molecule has 0 radical (unpaired) electrons. The van der Waals surface area contributed by atoms with Gasteiger partial charge in [-0.15, -0.1) is 5.10 Å². The standard InChI is InChI=1S/C20H17ClN6O3S/c21-13-3-5-14(6-4-13)22-19(29)26-9-7-25(8-10-26)16-12-17(28)27-20(23-16)31-18(24-27)15-2-1-11-30-15/h1-6,11-12H,7-10H2,(H,22,29). The lowest BCUT2D eigenvalue weighted by molar-refractivity contribution is 0.208. The van der Waals surface area contributed by atoms with Crippen molar-refractivity contribution in [1.82, 2.24) is 19.5 Å². The van der Waals surface area contributed by atoms with E-state index in [1.54, 1.807) is 47.6 Å². The van der Waals surface area contributed by atoms with Gasteiger partial charge in [-0.05, 0) is 36.4 Å².